The van der Waals surface area contributed by atoms with Gasteiger partial charge in [-0.3, -0.25) is 4.79 Å². The number of phenols is 2. The van der Waals surface area contributed by atoms with Crippen molar-refractivity contribution in [1.82, 2.24) is 20.2 Å². The fourth-order valence-electron chi connectivity index (χ4n) is 2.69. The van der Waals surface area contributed by atoms with Crippen LogP contribution in [0, 0.1) is 0 Å². The Labute approximate surface area is 162 Å². The molecule has 0 aliphatic carbocycles. The van der Waals surface area contributed by atoms with Crippen LogP contribution in [0.25, 0.3) is 0 Å². The number of aryl methyl sites for hydroxylation is 2. The smallest absolute Gasteiger partial charge is 0.305 e. The molecular weight excluding hydrogens is 368 g/mol. The summed E-state index contributed by atoms with van der Waals surface area (Å²) in [7, 11) is 0. The molecule has 0 radical (unpaired) electrons. The van der Waals surface area contributed by atoms with Crippen LogP contribution in [0.5, 0.6) is 11.5 Å². The van der Waals surface area contributed by atoms with Gasteiger partial charge in [-0.05, 0) is 52.7 Å². The number of aromatic hydroxyl groups is 2. The van der Waals surface area contributed by atoms with Crippen LogP contribution in [-0.2, 0) is 17.8 Å². The number of tetrazole rings is 1. The highest BCUT2D eigenvalue weighted by Crippen LogP contribution is 2.38. The number of carbonyl (C=O) groups is 1. The second-order valence-electron chi connectivity index (χ2n) is 6.40. The lowest BCUT2D eigenvalue weighted by Gasteiger charge is -2.10. The largest absolute Gasteiger partial charge is 0.508 e. The molecule has 27 heavy (non-hydrogen) atoms. The molecule has 148 valence electrons. The third-order valence-electron chi connectivity index (χ3n) is 4.20. The summed E-state index contributed by atoms with van der Waals surface area (Å²) < 4.78 is 1.36. The Balaban J connectivity index is 1.96. The minimum atomic E-state index is -0.944. The van der Waals surface area contributed by atoms with E-state index in [4.69, 9.17) is 5.11 Å². The van der Waals surface area contributed by atoms with E-state index in [0.29, 0.717) is 16.5 Å². The maximum atomic E-state index is 10.7. The summed E-state index contributed by atoms with van der Waals surface area (Å²) in [5.74, 6) is -0.763. The highest BCUT2D eigenvalue weighted by Gasteiger charge is 2.15. The first-order valence-corrected chi connectivity index (χ1v) is 10.0. The standard InChI is InChI=1S/C18H26N4O4S/c1-2-3-4-5-6-7-8-13-11-15(24)16(12-14(13)23)27-18-19-20-21-22(18)10-9-17(25)26/h11-12,23-24H,2-10H2,1H3,(H,25,26). The van der Waals surface area contributed by atoms with Gasteiger partial charge in [0, 0.05) is 0 Å². The van der Waals surface area contributed by atoms with Crippen LogP contribution in [0.4, 0.5) is 0 Å². The average molecular weight is 394 g/mol. The van der Waals surface area contributed by atoms with Crippen molar-refractivity contribution in [1.29, 1.82) is 0 Å². The van der Waals surface area contributed by atoms with E-state index in [1.807, 2.05) is 0 Å². The molecule has 3 N–H and O–H groups in total. The van der Waals surface area contributed by atoms with Crippen molar-refractivity contribution in [2.24, 2.45) is 0 Å². The van der Waals surface area contributed by atoms with E-state index < -0.39 is 5.97 Å². The molecule has 0 unspecified atom stereocenters. The van der Waals surface area contributed by atoms with Gasteiger partial charge in [-0.1, -0.05) is 39.0 Å². The predicted molar refractivity (Wildman–Crippen MR) is 101 cm³/mol. The van der Waals surface area contributed by atoms with Crippen molar-refractivity contribution in [2.75, 3.05) is 0 Å². The van der Waals surface area contributed by atoms with Crippen molar-refractivity contribution in [2.45, 2.75) is 74.9 Å². The minimum Gasteiger partial charge on any atom is -0.508 e. The fraction of sp³-hybridized carbons (Fsp3) is 0.556. The van der Waals surface area contributed by atoms with Crippen LogP contribution in [0.1, 0.15) is 57.4 Å². The van der Waals surface area contributed by atoms with Crippen molar-refractivity contribution >= 4 is 17.7 Å². The summed E-state index contributed by atoms with van der Waals surface area (Å²) in [6.07, 6.45) is 7.58. The molecule has 8 nitrogen and oxygen atoms in total. The number of rotatable bonds is 12. The van der Waals surface area contributed by atoms with E-state index in [-0.39, 0.29) is 24.5 Å². The Morgan fingerprint density at radius 2 is 1.85 bits per heavy atom. The van der Waals surface area contributed by atoms with E-state index in [9.17, 15) is 15.0 Å². The summed E-state index contributed by atoms with van der Waals surface area (Å²) in [6.45, 7) is 2.32. The van der Waals surface area contributed by atoms with Crippen LogP contribution in [0.15, 0.2) is 22.2 Å². The zero-order chi connectivity index (χ0) is 19.6. The minimum absolute atomic E-state index is 0.0477. The lowest BCUT2D eigenvalue weighted by molar-refractivity contribution is -0.137. The van der Waals surface area contributed by atoms with Gasteiger partial charge in [-0.2, -0.15) is 0 Å². The van der Waals surface area contributed by atoms with Crippen molar-refractivity contribution < 1.29 is 20.1 Å². The Kier molecular flexibility index (Phi) is 8.38. The second kappa shape index (κ2) is 10.8. The molecule has 0 saturated heterocycles. The molecule has 2 aromatic rings. The quantitative estimate of drug-likeness (QED) is 0.369. The van der Waals surface area contributed by atoms with Crippen molar-refractivity contribution in [3.63, 3.8) is 0 Å². The molecule has 0 fully saturated rings. The number of aliphatic carboxylic acids is 1. The Bertz CT molecular complexity index is 751. The summed E-state index contributed by atoms with van der Waals surface area (Å²) in [6, 6.07) is 3.08. The third-order valence-corrected chi connectivity index (χ3v) is 5.22. The van der Waals surface area contributed by atoms with Crippen LogP contribution >= 0.6 is 11.8 Å². The van der Waals surface area contributed by atoms with Gasteiger partial charge in [0.2, 0.25) is 5.16 Å². The van der Waals surface area contributed by atoms with E-state index in [0.717, 1.165) is 30.2 Å². The average Bonchev–Trinajstić information content (AvgIpc) is 3.07. The second-order valence-corrected chi connectivity index (χ2v) is 7.41. The van der Waals surface area contributed by atoms with Gasteiger partial charge in [0.1, 0.15) is 11.5 Å². The molecule has 9 heteroatoms. The van der Waals surface area contributed by atoms with Crippen molar-refractivity contribution in [3.8, 4) is 11.5 Å². The SMILES string of the molecule is CCCCCCCCc1cc(O)c(Sc2nnnn2CCC(=O)O)cc1O. The van der Waals surface area contributed by atoms with Gasteiger partial charge < -0.3 is 15.3 Å². The number of carboxylic acid groups (broad SMARTS) is 1. The van der Waals surface area contributed by atoms with Gasteiger partial charge in [0.15, 0.2) is 0 Å². The summed E-state index contributed by atoms with van der Waals surface area (Å²) in [5.41, 5.74) is 0.720. The van der Waals surface area contributed by atoms with Crippen LogP contribution < -0.4 is 0 Å². The summed E-state index contributed by atoms with van der Waals surface area (Å²) in [4.78, 5) is 11.1. The molecule has 0 bridgehead atoms. The normalized spacial score (nSPS) is 11.0. The lowest BCUT2D eigenvalue weighted by Crippen LogP contribution is -2.07. The monoisotopic (exact) mass is 394 g/mol. The summed E-state index contributed by atoms with van der Waals surface area (Å²) in [5, 5.41) is 40.8. The van der Waals surface area contributed by atoms with Gasteiger partial charge in [-0.15, -0.1) is 5.10 Å². The maximum Gasteiger partial charge on any atom is 0.305 e. The third kappa shape index (κ3) is 6.74. The molecule has 0 saturated carbocycles. The Morgan fingerprint density at radius 3 is 2.59 bits per heavy atom. The molecule has 2 rings (SSSR count). The number of unbranched alkanes of at least 4 members (excludes halogenated alkanes) is 5. The molecule has 1 aromatic heterocycles. The number of nitrogens with zero attached hydrogens (tertiary/aromatic N) is 4. The van der Waals surface area contributed by atoms with Crippen molar-refractivity contribution in [3.05, 3.63) is 17.7 Å². The number of hydrogen-bond acceptors (Lipinski definition) is 7. The number of phenolic OH excluding ortho intramolecular Hbond substituents is 2. The number of aromatic nitrogens is 4. The molecule has 0 amide bonds. The fourth-order valence-corrected chi connectivity index (χ4v) is 3.53. The van der Waals surface area contributed by atoms with Crippen LogP contribution in [0.2, 0.25) is 0 Å². The molecular formula is C18H26N4O4S. The lowest BCUT2D eigenvalue weighted by atomic mass is 10.0. The van der Waals surface area contributed by atoms with E-state index in [1.165, 1.54) is 36.4 Å². The first kappa shape index (κ1) is 21.0. The summed E-state index contributed by atoms with van der Waals surface area (Å²) >= 11 is 1.08. The van der Waals surface area contributed by atoms with Crippen LogP contribution in [-0.4, -0.2) is 41.5 Å². The molecule has 0 atom stereocenters. The number of carboxylic acids is 1. The topological polar surface area (TPSA) is 121 Å². The zero-order valence-corrected chi connectivity index (χ0v) is 16.3. The molecule has 0 aliphatic heterocycles. The van der Waals surface area contributed by atoms with Gasteiger partial charge in [0.25, 0.3) is 0 Å². The maximum absolute atomic E-state index is 10.7. The van der Waals surface area contributed by atoms with E-state index >= 15 is 0 Å². The first-order chi connectivity index (χ1) is 13.0. The van der Waals surface area contributed by atoms with E-state index in [1.54, 1.807) is 6.07 Å². The number of benzene rings is 1. The van der Waals surface area contributed by atoms with Gasteiger partial charge >= 0.3 is 5.97 Å². The predicted octanol–water partition coefficient (Wildman–Crippen LogP) is 3.61. The molecule has 1 aromatic carbocycles. The Morgan fingerprint density at radius 1 is 1.11 bits per heavy atom. The molecule has 0 aliphatic rings. The van der Waals surface area contributed by atoms with Crippen LogP contribution in [0.3, 0.4) is 0 Å². The zero-order valence-electron chi connectivity index (χ0n) is 15.5. The van der Waals surface area contributed by atoms with E-state index in [2.05, 4.69) is 22.4 Å². The highest BCUT2D eigenvalue weighted by molar-refractivity contribution is 7.99. The van der Waals surface area contributed by atoms with Gasteiger partial charge in [0.05, 0.1) is 17.9 Å². The Hall–Kier alpha value is -2.29. The molecule has 0 spiro atoms. The first-order valence-electron chi connectivity index (χ1n) is 9.22. The number of hydrogen-bond donors (Lipinski definition) is 3. The highest BCUT2D eigenvalue weighted by atomic mass is 32.2. The molecule has 1 heterocycles. The van der Waals surface area contributed by atoms with Gasteiger partial charge in [-0.25, -0.2) is 4.68 Å².